The van der Waals surface area contributed by atoms with Crippen molar-refractivity contribution >= 4 is 16.7 Å². The molecule has 0 unspecified atom stereocenters. The highest BCUT2D eigenvalue weighted by molar-refractivity contribution is 5.95. The fourth-order valence-corrected chi connectivity index (χ4v) is 5.68. The molecule has 0 spiro atoms. The summed E-state index contributed by atoms with van der Waals surface area (Å²) in [7, 11) is 0. The van der Waals surface area contributed by atoms with Gasteiger partial charge in [-0.1, -0.05) is 54.3 Å². The molecule has 0 N–H and O–H groups in total. The lowest BCUT2D eigenvalue weighted by Gasteiger charge is -2.41. The Hall–Kier alpha value is -3.59. The van der Waals surface area contributed by atoms with E-state index in [0.29, 0.717) is 51.3 Å². The minimum Gasteiger partial charge on any atom is -0.380 e. The van der Waals surface area contributed by atoms with Gasteiger partial charge >= 0.3 is 12.4 Å². The molecule has 2 aliphatic heterocycles. The van der Waals surface area contributed by atoms with Crippen molar-refractivity contribution in [1.82, 2.24) is 14.7 Å². The minimum absolute atomic E-state index is 0.0403. The number of alkyl halides is 6. The molecule has 1 amide bonds. The van der Waals surface area contributed by atoms with E-state index in [-0.39, 0.29) is 12.6 Å². The van der Waals surface area contributed by atoms with Crippen molar-refractivity contribution in [2.24, 2.45) is 0 Å². The number of hydrogen-bond acceptors (Lipinski definition) is 4. The highest BCUT2D eigenvalue weighted by Crippen LogP contribution is 2.37. The standard InChI is InChI=1S/C33H33F6N3O2/c34-32(35,36)28-20-27(21-29(22-28)33(37,38)39)31(43)42-14-13-41(11-4-3-10-40-12-5-16-44-17-15-40)23-30(42)19-24-8-9-25-6-1-2-7-26(25)18-24/h1-2,6-9,18,20-22,30H,5,10-17,19,23H2/t30-/m1/s1. The normalized spacial score (nSPS) is 19.0. The predicted molar refractivity (Wildman–Crippen MR) is 155 cm³/mol. The molecule has 2 fully saturated rings. The summed E-state index contributed by atoms with van der Waals surface area (Å²) in [6.07, 6.45) is -8.76. The molecule has 0 aliphatic carbocycles. The molecular formula is C33H33F6N3O2. The summed E-state index contributed by atoms with van der Waals surface area (Å²) in [4.78, 5) is 19.4. The van der Waals surface area contributed by atoms with Gasteiger partial charge in [0.05, 0.1) is 30.8 Å². The van der Waals surface area contributed by atoms with Gasteiger partial charge in [0.2, 0.25) is 0 Å². The Labute approximate surface area is 252 Å². The lowest BCUT2D eigenvalue weighted by molar-refractivity contribution is -0.143. The molecule has 234 valence electrons. The molecule has 5 rings (SSSR count). The van der Waals surface area contributed by atoms with Crippen molar-refractivity contribution in [2.45, 2.75) is 31.2 Å². The molecule has 0 radical (unpaired) electrons. The van der Waals surface area contributed by atoms with Gasteiger partial charge in [-0.25, -0.2) is 0 Å². The lowest BCUT2D eigenvalue weighted by Crippen LogP contribution is -2.56. The van der Waals surface area contributed by atoms with E-state index in [4.69, 9.17) is 4.74 Å². The third kappa shape index (κ3) is 8.11. The Morgan fingerprint density at radius 2 is 1.45 bits per heavy atom. The third-order valence-corrected chi connectivity index (χ3v) is 7.99. The zero-order valence-electron chi connectivity index (χ0n) is 24.1. The van der Waals surface area contributed by atoms with Crippen LogP contribution >= 0.6 is 0 Å². The fraction of sp³-hybridized carbons (Fsp3) is 0.424. The summed E-state index contributed by atoms with van der Waals surface area (Å²) in [5, 5.41) is 2.03. The summed E-state index contributed by atoms with van der Waals surface area (Å²) >= 11 is 0. The van der Waals surface area contributed by atoms with E-state index in [1.807, 2.05) is 42.5 Å². The van der Waals surface area contributed by atoms with Crippen LogP contribution in [0.4, 0.5) is 26.3 Å². The first-order chi connectivity index (χ1) is 21.0. The summed E-state index contributed by atoms with van der Waals surface area (Å²) in [5.74, 6) is 5.54. The van der Waals surface area contributed by atoms with Crippen LogP contribution in [0.15, 0.2) is 60.7 Å². The van der Waals surface area contributed by atoms with E-state index in [1.165, 1.54) is 4.90 Å². The fourth-order valence-electron chi connectivity index (χ4n) is 5.68. The van der Waals surface area contributed by atoms with Gasteiger partial charge in [-0.2, -0.15) is 26.3 Å². The number of benzene rings is 3. The summed E-state index contributed by atoms with van der Waals surface area (Å²) in [5.41, 5.74) is -2.74. The van der Waals surface area contributed by atoms with Crippen LogP contribution in [0.25, 0.3) is 10.8 Å². The Balaban J connectivity index is 1.38. The average Bonchev–Trinajstić information content (AvgIpc) is 3.27. The van der Waals surface area contributed by atoms with Gasteiger partial charge in [0.25, 0.3) is 5.91 Å². The number of fused-ring (bicyclic) bond motifs is 1. The summed E-state index contributed by atoms with van der Waals surface area (Å²) < 4.78 is 86.8. The number of halogens is 6. The molecule has 5 nitrogen and oxygen atoms in total. The van der Waals surface area contributed by atoms with E-state index >= 15 is 0 Å². The summed E-state index contributed by atoms with van der Waals surface area (Å²) in [6.45, 7) is 5.08. The largest absolute Gasteiger partial charge is 0.416 e. The quantitative estimate of drug-likeness (QED) is 0.261. The minimum atomic E-state index is -5.04. The first-order valence-corrected chi connectivity index (χ1v) is 14.5. The number of nitrogens with zero attached hydrogens (tertiary/aromatic N) is 3. The van der Waals surface area contributed by atoms with Crippen molar-refractivity contribution < 1.29 is 35.9 Å². The van der Waals surface area contributed by atoms with Crippen LogP contribution < -0.4 is 0 Å². The Morgan fingerprint density at radius 3 is 2.16 bits per heavy atom. The molecule has 1 atom stereocenters. The molecule has 2 heterocycles. The van der Waals surface area contributed by atoms with E-state index in [1.54, 1.807) is 0 Å². The number of carbonyl (C=O) groups is 1. The van der Waals surface area contributed by atoms with Crippen LogP contribution in [0.5, 0.6) is 0 Å². The lowest BCUT2D eigenvalue weighted by atomic mass is 9.97. The van der Waals surface area contributed by atoms with Crippen LogP contribution in [-0.4, -0.2) is 85.7 Å². The maximum absolute atomic E-state index is 13.7. The second-order valence-electron chi connectivity index (χ2n) is 11.2. The highest BCUT2D eigenvalue weighted by Gasteiger charge is 2.39. The number of amides is 1. The number of piperazine rings is 1. The molecular weight excluding hydrogens is 584 g/mol. The van der Waals surface area contributed by atoms with Crippen LogP contribution in [-0.2, 0) is 23.5 Å². The third-order valence-electron chi connectivity index (χ3n) is 7.99. The zero-order chi connectivity index (χ0) is 31.3. The van der Waals surface area contributed by atoms with Crippen molar-refractivity contribution in [3.8, 4) is 11.8 Å². The maximum Gasteiger partial charge on any atom is 0.416 e. The Bertz CT molecular complexity index is 1490. The van der Waals surface area contributed by atoms with Crippen LogP contribution in [0.2, 0.25) is 0 Å². The van der Waals surface area contributed by atoms with Gasteiger partial charge in [-0.3, -0.25) is 14.6 Å². The van der Waals surface area contributed by atoms with Gasteiger partial charge in [-0.15, -0.1) is 0 Å². The van der Waals surface area contributed by atoms with Crippen molar-refractivity contribution in [1.29, 1.82) is 0 Å². The molecule has 11 heteroatoms. The van der Waals surface area contributed by atoms with Gasteiger partial charge in [0.1, 0.15) is 0 Å². The smallest absolute Gasteiger partial charge is 0.380 e. The highest BCUT2D eigenvalue weighted by atomic mass is 19.4. The molecule has 2 saturated heterocycles. The topological polar surface area (TPSA) is 36.0 Å². The van der Waals surface area contributed by atoms with Crippen LogP contribution in [0.1, 0.15) is 33.5 Å². The van der Waals surface area contributed by atoms with E-state index < -0.39 is 41.0 Å². The summed E-state index contributed by atoms with van der Waals surface area (Å²) in [6, 6.07) is 14.2. The zero-order valence-corrected chi connectivity index (χ0v) is 24.1. The molecule has 0 saturated carbocycles. The van der Waals surface area contributed by atoms with E-state index in [2.05, 4.69) is 21.6 Å². The molecule has 2 aliphatic rings. The van der Waals surface area contributed by atoms with E-state index in [9.17, 15) is 31.1 Å². The van der Waals surface area contributed by atoms with Crippen molar-refractivity contribution in [3.63, 3.8) is 0 Å². The number of rotatable bonds is 5. The molecule has 3 aromatic rings. The predicted octanol–water partition coefficient (Wildman–Crippen LogP) is 5.97. The van der Waals surface area contributed by atoms with Crippen molar-refractivity contribution in [2.75, 3.05) is 59.0 Å². The van der Waals surface area contributed by atoms with Gasteiger partial charge < -0.3 is 9.64 Å². The maximum atomic E-state index is 13.7. The molecule has 0 bridgehead atoms. The monoisotopic (exact) mass is 617 g/mol. The molecule has 44 heavy (non-hydrogen) atoms. The van der Waals surface area contributed by atoms with E-state index in [0.717, 1.165) is 42.5 Å². The SMILES string of the molecule is O=C(c1cc(C(F)(F)F)cc(C(F)(F)F)c1)N1CCN(CC#CCN2CCCOCC2)C[C@H]1Cc1ccc2ccccc2c1. The first kappa shape index (κ1) is 31.8. The second-order valence-corrected chi connectivity index (χ2v) is 11.2. The van der Waals surface area contributed by atoms with Gasteiger partial charge in [-0.05, 0) is 47.4 Å². The van der Waals surface area contributed by atoms with Crippen molar-refractivity contribution in [3.05, 3.63) is 82.9 Å². The second kappa shape index (κ2) is 13.6. The molecule has 3 aromatic carbocycles. The van der Waals surface area contributed by atoms with Gasteiger partial charge in [0.15, 0.2) is 0 Å². The van der Waals surface area contributed by atoms with Gasteiger partial charge in [0, 0.05) is 50.9 Å². The Kier molecular flexibility index (Phi) is 9.83. The molecule has 0 aromatic heterocycles. The van der Waals surface area contributed by atoms with Crippen LogP contribution in [0, 0.1) is 11.8 Å². The van der Waals surface area contributed by atoms with Crippen LogP contribution in [0.3, 0.4) is 0 Å². The average molecular weight is 618 g/mol. The Morgan fingerprint density at radius 1 is 0.773 bits per heavy atom. The number of carbonyl (C=O) groups excluding carboxylic acids is 1. The first-order valence-electron chi connectivity index (χ1n) is 14.5. The number of hydrogen-bond donors (Lipinski definition) is 0. The number of ether oxygens (including phenoxy) is 1.